The van der Waals surface area contributed by atoms with Gasteiger partial charge in [-0.2, -0.15) is 0 Å². The number of aromatic nitrogens is 1. The third-order valence-corrected chi connectivity index (χ3v) is 6.02. The summed E-state index contributed by atoms with van der Waals surface area (Å²) in [5, 5.41) is 3.54. The van der Waals surface area contributed by atoms with Crippen molar-refractivity contribution in [2.75, 3.05) is 12.8 Å². The van der Waals surface area contributed by atoms with Crippen LogP contribution in [0.3, 0.4) is 0 Å². The van der Waals surface area contributed by atoms with Crippen molar-refractivity contribution in [3.63, 3.8) is 0 Å². The fraction of sp³-hybridized carbons (Fsp3) is 0.786. The summed E-state index contributed by atoms with van der Waals surface area (Å²) >= 11 is 1.52. The fourth-order valence-corrected chi connectivity index (χ4v) is 4.08. The molecule has 1 N–H and O–H groups in total. The van der Waals surface area contributed by atoms with E-state index in [1.807, 2.05) is 0 Å². The molecule has 0 saturated heterocycles. The molecule has 0 amide bonds. The van der Waals surface area contributed by atoms with Crippen LogP contribution in [0.1, 0.15) is 61.9 Å². The predicted molar refractivity (Wildman–Crippen MR) is 86.1 cm³/mol. The van der Waals surface area contributed by atoms with Gasteiger partial charge in [-0.15, -0.1) is 11.3 Å². The van der Waals surface area contributed by atoms with E-state index < -0.39 is 15.1 Å². The molecule has 1 rings (SSSR count). The average Bonchev–Trinajstić information content (AvgIpc) is 2.71. The number of sulfone groups is 1. The highest BCUT2D eigenvalue weighted by Gasteiger charge is 2.27. The lowest BCUT2D eigenvalue weighted by Crippen LogP contribution is -2.19. The molecule has 1 heterocycles. The molecule has 0 aliphatic carbocycles. The summed E-state index contributed by atoms with van der Waals surface area (Å²) in [7, 11) is -3.10. The third-order valence-electron chi connectivity index (χ3n) is 3.13. The van der Waals surface area contributed by atoms with Crippen molar-refractivity contribution in [3.05, 3.63) is 15.6 Å². The Morgan fingerprint density at radius 2 is 1.95 bits per heavy atom. The molecule has 6 heteroatoms. The Balaban J connectivity index is 3.12. The van der Waals surface area contributed by atoms with E-state index in [2.05, 4.69) is 38.0 Å². The topological polar surface area (TPSA) is 59.1 Å². The van der Waals surface area contributed by atoms with Gasteiger partial charge in [-0.05, 0) is 19.9 Å². The maximum absolute atomic E-state index is 11.7. The smallest absolute Gasteiger partial charge is 0.156 e. The third kappa shape index (κ3) is 4.53. The molecule has 0 bridgehead atoms. The molecular formula is C14H26N2O2S2. The van der Waals surface area contributed by atoms with Crippen LogP contribution in [0.4, 0.5) is 0 Å². The highest BCUT2D eigenvalue weighted by atomic mass is 32.2. The van der Waals surface area contributed by atoms with E-state index in [4.69, 9.17) is 0 Å². The van der Waals surface area contributed by atoms with Crippen molar-refractivity contribution < 1.29 is 8.42 Å². The molecule has 1 unspecified atom stereocenters. The van der Waals surface area contributed by atoms with Gasteiger partial charge in [-0.3, -0.25) is 0 Å². The van der Waals surface area contributed by atoms with E-state index >= 15 is 0 Å². The zero-order valence-electron chi connectivity index (χ0n) is 13.3. The lowest BCUT2D eigenvalue weighted by molar-refractivity contribution is 0.555. The molecule has 0 aliphatic heterocycles. The first-order valence-corrected chi connectivity index (χ1v) is 9.74. The van der Waals surface area contributed by atoms with Crippen LogP contribution in [0.5, 0.6) is 0 Å². The summed E-state index contributed by atoms with van der Waals surface area (Å²) < 4.78 is 23.4. The van der Waals surface area contributed by atoms with Gasteiger partial charge in [-0.25, -0.2) is 13.4 Å². The Bertz CT molecular complexity index is 542. The number of hydrogen-bond acceptors (Lipinski definition) is 5. The van der Waals surface area contributed by atoms with Gasteiger partial charge in [0.1, 0.15) is 10.3 Å². The number of thiazole rings is 1. The molecule has 0 aromatic carbocycles. The fourth-order valence-electron chi connectivity index (χ4n) is 1.81. The van der Waals surface area contributed by atoms with Crippen molar-refractivity contribution in [2.45, 2.75) is 58.2 Å². The van der Waals surface area contributed by atoms with E-state index in [0.717, 1.165) is 30.1 Å². The van der Waals surface area contributed by atoms with Gasteiger partial charge in [0.15, 0.2) is 9.84 Å². The van der Waals surface area contributed by atoms with Gasteiger partial charge in [0.2, 0.25) is 0 Å². The minimum Gasteiger partial charge on any atom is -0.312 e. The SMILES string of the molecule is CCCNCc1sc(C(C)S(C)(=O)=O)nc1C(C)(C)C. The first kappa shape index (κ1) is 17.6. The van der Waals surface area contributed by atoms with Crippen LogP contribution in [0, 0.1) is 0 Å². The number of nitrogens with one attached hydrogen (secondary N) is 1. The molecule has 0 radical (unpaired) electrons. The standard InChI is InChI=1S/C14H26N2O2S2/c1-7-8-15-9-11-12(14(3,4)5)16-13(19-11)10(2)20(6,17)18/h10,15H,7-9H2,1-6H3. The number of rotatable bonds is 6. The zero-order chi connectivity index (χ0) is 15.6. The Kier molecular flexibility index (Phi) is 5.75. The Labute approximate surface area is 126 Å². The molecule has 0 aliphatic rings. The van der Waals surface area contributed by atoms with Crippen molar-refractivity contribution >= 4 is 21.2 Å². The summed E-state index contributed by atoms with van der Waals surface area (Å²) in [6, 6.07) is 0. The number of hydrogen-bond donors (Lipinski definition) is 1. The quantitative estimate of drug-likeness (QED) is 0.819. The second-order valence-corrected chi connectivity index (χ2v) is 9.70. The van der Waals surface area contributed by atoms with Crippen molar-refractivity contribution in [2.24, 2.45) is 0 Å². The second kappa shape index (κ2) is 6.54. The summed E-state index contributed by atoms with van der Waals surface area (Å²) in [5.74, 6) is 0. The normalized spacial score (nSPS) is 14.5. The highest BCUT2D eigenvalue weighted by Crippen LogP contribution is 2.34. The molecule has 1 aromatic rings. The van der Waals surface area contributed by atoms with E-state index in [-0.39, 0.29) is 5.41 Å². The van der Waals surface area contributed by atoms with Crippen LogP contribution in [-0.4, -0.2) is 26.2 Å². The van der Waals surface area contributed by atoms with Crippen LogP contribution in [0.15, 0.2) is 0 Å². The van der Waals surface area contributed by atoms with Gasteiger partial charge in [-0.1, -0.05) is 27.7 Å². The van der Waals surface area contributed by atoms with Gasteiger partial charge in [0, 0.05) is 23.1 Å². The van der Waals surface area contributed by atoms with Crippen LogP contribution in [-0.2, 0) is 21.8 Å². The Morgan fingerprint density at radius 3 is 2.40 bits per heavy atom. The van der Waals surface area contributed by atoms with Crippen molar-refractivity contribution in [1.82, 2.24) is 10.3 Å². The van der Waals surface area contributed by atoms with Gasteiger partial charge < -0.3 is 5.32 Å². The van der Waals surface area contributed by atoms with E-state index in [1.165, 1.54) is 17.6 Å². The Hall–Kier alpha value is -0.460. The number of nitrogens with zero attached hydrogens (tertiary/aromatic N) is 1. The molecular weight excluding hydrogens is 292 g/mol. The molecule has 0 spiro atoms. The average molecular weight is 319 g/mol. The van der Waals surface area contributed by atoms with Gasteiger partial charge in [0.25, 0.3) is 0 Å². The molecule has 4 nitrogen and oxygen atoms in total. The van der Waals surface area contributed by atoms with Gasteiger partial charge in [0.05, 0.1) is 5.69 Å². The van der Waals surface area contributed by atoms with E-state index in [1.54, 1.807) is 6.92 Å². The second-order valence-electron chi connectivity index (χ2n) is 6.22. The molecule has 116 valence electrons. The van der Waals surface area contributed by atoms with Crippen molar-refractivity contribution in [1.29, 1.82) is 0 Å². The summed E-state index contributed by atoms with van der Waals surface area (Å²) in [4.78, 5) is 5.78. The molecule has 0 fully saturated rings. The van der Waals surface area contributed by atoms with Crippen LogP contribution < -0.4 is 5.32 Å². The molecule has 20 heavy (non-hydrogen) atoms. The summed E-state index contributed by atoms with van der Waals surface area (Å²) in [5.41, 5.74) is 0.937. The minimum absolute atomic E-state index is 0.0742. The summed E-state index contributed by atoms with van der Waals surface area (Å²) in [6.45, 7) is 11.9. The molecule has 0 saturated carbocycles. The molecule has 1 atom stereocenters. The van der Waals surface area contributed by atoms with Gasteiger partial charge >= 0.3 is 0 Å². The predicted octanol–water partition coefficient (Wildman–Crippen LogP) is 3.05. The van der Waals surface area contributed by atoms with Crippen LogP contribution in [0.25, 0.3) is 0 Å². The first-order valence-electron chi connectivity index (χ1n) is 6.97. The first-order chi connectivity index (χ1) is 9.07. The lowest BCUT2D eigenvalue weighted by atomic mass is 9.91. The summed E-state index contributed by atoms with van der Waals surface area (Å²) in [6.07, 6.45) is 2.35. The van der Waals surface area contributed by atoms with Crippen molar-refractivity contribution in [3.8, 4) is 0 Å². The van der Waals surface area contributed by atoms with Crippen LogP contribution >= 0.6 is 11.3 Å². The largest absolute Gasteiger partial charge is 0.312 e. The minimum atomic E-state index is -3.10. The maximum Gasteiger partial charge on any atom is 0.156 e. The van der Waals surface area contributed by atoms with E-state index in [0.29, 0.717) is 5.01 Å². The highest BCUT2D eigenvalue weighted by molar-refractivity contribution is 7.91. The monoisotopic (exact) mass is 318 g/mol. The maximum atomic E-state index is 11.7. The van der Waals surface area contributed by atoms with Crippen LogP contribution in [0.2, 0.25) is 0 Å². The van der Waals surface area contributed by atoms with E-state index in [9.17, 15) is 8.42 Å². The zero-order valence-corrected chi connectivity index (χ0v) is 14.9. The molecule has 1 aromatic heterocycles. The Morgan fingerprint density at radius 1 is 1.35 bits per heavy atom. The lowest BCUT2D eigenvalue weighted by Gasteiger charge is -2.17.